The van der Waals surface area contributed by atoms with E-state index in [-0.39, 0.29) is 54.1 Å². The molecule has 0 saturated heterocycles. The Morgan fingerprint density at radius 3 is 0.467 bits per heavy atom. The largest absolute Gasteiger partial charge is 0.507 e. The van der Waals surface area contributed by atoms with Gasteiger partial charge >= 0.3 is 0 Å². The summed E-state index contributed by atoms with van der Waals surface area (Å²) >= 11 is 1.89. The number of phenolic OH excluding ortho intramolecular Hbond substituents is 5. The van der Waals surface area contributed by atoms with Crippen molar-refractivity contribution < 1.29 is 25.5 Å². The van der Waals surface area contributed by atoms with E-state index in [2.05, 4.69) is 289 Å². The number of benzene rings is 6. The minimum absolute atomic E-state index is 0.120. The third-order valence-electron chi connectivity index (χ3n) is 18.3. The standard InChI is InChI=1S/C54H78O3.C30H46O2S/c1-31-37(22-34-25-40(49(4,5)6)46(55)41(26-34)50(7,8)9)32(2)39(24-36-29-44(53(16,17)18)48(57)45(30-36)54(19,20)21)33(3)38(31)23-35-27-42(51(10,11)12)47(56)43(28-35)52(13,14)15;1-27(2,3)21-13-19(14-22(25(21)31)28(4,5)6)17-33-18-20-15-23(29(7,8)9)26(32)24(16-20)30(10,11)12/h25-30,55-57H,22-24H2,1-21H3;13-16,31-32H,17-18H2,1-12H3. The summed E-state index contributed by atoms with van der Waals surface area (Å²) in [5.74, 6) is 3.85. The lowest BCUT2D eigenvalue weighted by molar-refractivity contribution is 0.422. The first-order valence-corrected chi connectivity index (χ1v) is 34.5. The zero-order chi connectivity index (χ0) is 69.3. The summed E-state index contributed by atoms with van der Waals surface area (Å²) in [6.07, 6.45) is 2.24. The molecule has 0 aliphatic rings. The van der Waals surface area contributed by atoms with E-state index in [0.29, 0.717) is 28.7 Å². The van der Waals surface area contributed by atoms with Crippen molar-refractivity contribution in [3.05, 3.63) is 177 Å². The summed E-state index contributed by atoms with van der Waals surface area (Å²) in [6.45, 7) is 72.1. The van der Waals surface area contributed by atoms with Crippen LogP contribution in [0.15, 0.2) is 60.7 Å². The molecular weight excluding hydrogens is 1120 g/mol. The Bertz CT molecular complexity index is 3060. The van der Waals surface area contributed by atoms with E-state index in [0.717, 1.165) is 86.4 Å². The molecule has 496 valence electrons. The molecule has 0 saturated carbocycles. The summed E-state index contributed by atoms with van der Waals surface area (Å²) in [7, 11) is 0. The van der Waals surface area contributed by atoms with Crippen LogP contribution in [0.3, 0.4) is 0 Å². The van der Waals surface area contributed by atoms with E-state index in [9.17, 15) is 25.5 Å². The second-order valence-corrected chi connectivity index (χ2v) is 38.0. The number of aromatic hydroxyl groups is 5. The quantitative estimate of drug-likeness (QED) is 0.0937. The predicted octanol–water partition coefficient (Wildman–Crippen LogP) is 23.0. The van der Waals surface area contributed by atoms with E-state index in [4.69, 9.17) is 0 Å². The van der Waals surface area contributed by atoms with Gasteiger partial charge in [0.05, 0.1) is 0 Å². The van der Waals surface area contributed by atoms with Crippen molar-refractivity contribution in [2.75, 3.05) is 0 Å². The highest BCUT2D eigenvalue weighted by Crippen LogP contribution is 2.47. The predicted molar refractivity (Wildman–Crippen MR) is 392 cm³/mol. The third-order valence-corrected chi connectivity index (χ3v) is 19.4. The highest BCUT2D eigenvalue weighted by molar-refractivity contribution is 7.97. The van der Waals surface area contributed by atoms with Crippen LogP contribution in [-0.2, 0) is 84.9 Å². The second-order valence-electron chi connectivity index (χ2n) is 37.0. The van der Waals surface area contributed by atoms with Crippen LogP contribution >= 0.6 is 11.8 Å². The lowest BCUT2D eigenvalue weighted by Gasteiger charge is -2.30. The van der Waals surface area contributed by atoms with E-state index in [1.807, 2.05) is 11.8 Å². The maximum atomic E-state index is 11.6. The van der Waals surface area contributed by atoms with Gasteiger partial charge in [0.25, 0.3) is 0 Å². The summed E-state index contributed by atoms with van der Waals surface area (Å²) in [4.78, 5) is 0. The maximum Gasteiger partial charge on any atom is 0.123 e. The highest BCUT2D eigenvalue weighted by Gasteiger charge is 2.33. The molecule has 0 amide bonds. The monoisotopic (exact) mass is 1240 g/mol. The Morgan fingerprint density at radius 2 is 0.344 bits per heavy atom. The topological polar surface area (TPSA) is 101 Å². The highest BCUT2D eigenvalue weighted by atomic mass is 32.2. The fourth-order valence-electron chi connectivity index (χ4n) is 12.7. The molecule has 5 nitrogen and oxygen atoms in total. The molecule has 6 aromatic carbocycles. The Balaban J connectivity index is 0.000000378. The molecule has 6 rings (SSSR count). The number of hydrogen-bond acceptors (Lipinski definition) is 6. The van der Waals surface area contributed by atoms with Crippen LogP contribution < -0.4 is 0 Å². The molecule has 0 spiro atoms. The second kappa shape index (κ2) is 25.9. The third kappa shape index (κ3) is 17.7. The van der Waals surface area contributed by atoms with Gasteiger partial charge in [0.2, 0.25) is 0 Å². The first kappa shape index (κ1) is 75.4. The van der Waals surface area contributed by atoms with E-state index < -0.39 is 0 Å². The van der Waals surface area contributed by atoms with Gasteiger partial charge in [-0.3, -0.25) is 0 Å². The van der Waals surface area contributed by atoms with E-state index in [1.165, 1.54) is 61.2 Å². The van der Waals surface area contributed by atoms with Crippen LogP contribution in [0.5, 0.6) is 28.7 Å². The molecule has 5 N–H and O–H groups in total. The minimum Gasteiger partial charge on any atom is -0.507 e. The van der Waals surface area contributed by atoms with Crippen molar-refractivity contribution in [1.82, 2.24) is 0 Å². The Hall–Kier alpha value is -5.33. The smallest absolute Gasteiger partial charge is 0.123 e. The van der Waals surface area contributed by atoms with Gasteiger partial charge in [-0.15, -0.1) is 0 Å². The van der Waals surface area contributed by atoms with Crippen LogP contribution in [-0.4, -0.2) is 25.5 Å². The van der Waals surface area contributed by atoms with Gasteiger partial charge in [0.1, 0.15) is 28.7 Å². The fraction of sp³-hybridized carbons (Fsp3) is 0.571. The molecule has 6 aromatic rings. The molecule has 0 bridgehead atoms. The fourth-order valence-corrected chi connectivity index (χ4v) is 13.7. The lowest BCUT2D eigenvalue weighted by atomic mass is 9.75. The van der Waals surface area contributed by atoms with Gasteiger partial charge in [-0.1, -0.05) is 268 Å². The first-order valence-electron chi connectivity index (χ1n) is 33.3. The van der Waals surface area contributed by atoms with Crippen molar-refractivity contribution in [2.24, 2.45) is 0 Å². The van der Waals surface area contributed by atoms with E-state index >= 15 is 0 Å². The molecule has 90 heavy (non-hydrogen) atoms. The summed E-state index contributed by atoms with van der Waals surface area (Å²) in [5, 5.41) is 56.9. The van der Waals surface area contributed by atoms with Crippen LogP contribution in [0.25, 0.3) is 0 Å². The van der Waals surface area contributed by atoms with Crippen molar-refractivity contribution in [3.63, 3.8) is 0 Å². The molecular formula is C84H124O5S. The molecule has 0 aliphatic carbocycles. The van der Waals surface area contributed by atoms with Gasteiger partial charge < -0.3 is 25.5 Å². The molecule has 0 aliphatic heterocycles. The van der Waals surface area contributed by atoms with Crippen LogP contribution in [0, 0.1) is 20.8 Å². The summed E-state index contributed by atoms with van der Waals surface area (Å²) < 4.78 is 0. The lowest BCUT2D eigenvalue weighted by Crippen LogP contribution is -2.19. The first-order chi connectivity index (χ1) is 40.3. The average Bonchev–Trinajstić information content (AvgIpc) is 1.09. The summed E-state index contributed by atoms with van der Waals surface area (Å²) in [5.41, 5.74) is 22.1. The molecule has 6 heteroatoms. The van der Waals surface area contributed by atoms with Crippen LogP contribution in [0.4, 0.5) is 0 Å². The van der Waals surface area contributed by atoms with Gasteiger partial charge in [-0.05, 0) is 211 Å². The van der Waals surface area contributed by atoms with Crippen molar-refractivity contribution in [3.8, 4) is 28.7 Å². The Labute approximate surface area is 553 Å². The number of phenols is 5. The van der Waals surface area contributed by atoms with Crippen molar-refractivity contribution >= 4 is 11.8 Å². The number of hydrogen-bond donors (Lipinski definition) is 5. The zero-order valence-electron chi connectivity index (χ0n) is 63.0. The van der Waals surface area contributed by atoms with Crippen LogP contribution in [0.1, 0.15) is 325 Å². The van der Waals surface area contributed by atoms with Gasteiger partial charge in [-0.25, -0.2) is 0 Å². The number of thioether (sulfide) groups is 1. The van der Waals surface area contributed by atoms with Crippen molar-refractivity contribution in [2.45, 2.75) is 313 Å². The molecule has 0 unspecified atom stereocenters. The maximum absolute atomic E-state index is 11.6. The van der Waals surface area contributed by atoms with E-state index in [1.54, 1.807) is 0 Å². The molecule has 0 aromatic heterocycles. The Morgan fingerprint density at radius 1 is 0.222 bits per heavy atom. The Kier molecular flexibility index (Phi) is 21.7. The average molecular weight is 1250 g/mol. The summed E-state index contributed by atoms with van der Waals surface area (Å²) in [6, 6.07) is 22.1. The molecule has 0 atom stereocenters. The van der Waals surface area contributed by atoms with Gasteiger partial charge in [0, 0.05) is 11.5 Å². The SMILES string of the molecule is CC(C)(C)c1cc(CSCc2cc(C(C)(C)C)c(O)c(C(C)(C)C)c2)cc(C(C)(C)C)c1O.Cc1c(Cc2cc(C(C)(C)C)c(O)c(C(C)(C)C)c2)c(C)c(Cc2cc(C(C)(C)C)c(O)c(C(C)(C)C)c2)c(C)c1Cc1cc(C(C)(C)C)c(O)c(C(C)(C)C)c1. The van der Waals surface area contributed by atoms with Gasteiger partial charge in [-0.2, -0.15) is 11.8 Å². The normalized spacial score (nSPS) is 13.4. The van der Waals surface area contributed by atoms with Crippen LogP contribution in [0.2, 0.25) is 0 Å². The van der Waals surface area contributed by atoms with Gasteiger partial charge in [0.15, 0.2) is 0 Å². The zero-order valence-corrected chi connectivity index (χ0v) is 63.8. The number of rotatable bonds is 10. The van der Waals surface area contributed by atoms with Crippen molar-refractivity contribution in [1.29, 1.82) is 0 Å². The minimum atomic E-state index is -0.226. The molecule has 0 radical (unpaired) electrons. The molecule has 0 heterocycles. The molecule has 0 fully saturated rings.